The van der Waals surface area contributed by atoms with Crippen molar-refractivity contribution in [3.63, 3.8) is 0 Å². The van der Waals surface area contributed by atoms with Crippen LogP contribution in [0.4, 0.5) is 0 Å². The summed E-state index contributed by atoms with van der Waals surface area (Å²) in [5.74, 6) is 0.878. The molecule has 0 aromatic heterocycles. The van der Waals surface area contributed by atoms with Crippen LogP contribution < -0.4 is 5.73 Å². The Hall–Kier alpha value is -0.0400. The lowest BCUT2D eigenvalue weighted by atomic mass is 9.66. The summed E-state index contributed by atoms with van der Waals surface area (Å²) >= 11 is 0. The molecule has 0 amide bonds. The van der Waals surface area contributed by atoms with Crippen LogP contribution in [0.3, 0.4) is 0 Å². The molecule has 2 N–H and O–H groups in total. The largest absolute Gasteiger partial charge is 0.327 e. The van der Waals surface area contributed by atoms with Crippen LogP contribution >= 0.6 is 0 Å². The van der Waals surface area contributed by atoms with Crippen LogP contribution in [0, 0.1) is 11.3 Å². The lowest BCUT2D eigenvalue weighted by Crippen LogP contribution is -2.41. The Morgan fingerprint density at radius 1 is 1.33 bits per heavy atom. The molecule has 1 saturated carbocycles. The highest BCUT2D eigenvalue weighted by Crippen LogP contribution is 2.42. The molecule has 1 rings (SSSR count). The summed E-state index contributed by atoms with van der Waals surface area (Å²) in [6.45, 7) is 6.94. The first-order valence-electron chi connectivity index (χ1n) is 6.86. The standard InChI is InChI=1S/C14H29N/c1-4-9-14(13(3)15)10-7-5-6-8-12(2)11-14/h12-13H,4-11,15H2,1-3H3/t12?,13?,14-/m1/s1. The fraction of sp³-hybridized carbons (Fsp3) is 1.00. The molecule has 1 aliphatic rings. The summed E-state index contributed by atoms with van der Waals surface area (Å²) in [5, 5.41) is 0. The number of rotatable bonds is 3. The van der Waals surface area contributed by atoms with Gasteiger partial charge in [-0.2, -0.15) is 0 Å². The fourth-order valence-corrected chi connectivity index (χ4v) is 3.41. The van der Waals surface area contributed by atoms with E-state index < -0.39 is 0 Å². The molecule has 90 valence electrons. The molecule has 0 aliphatic heterocycles. The van der Waals surface area contributed by atoms with Crippen LogP contribution in [0.5, 0.6) is 0 Å². The summed E-state index contributed by atoms with van der Waals surface area (Å²) in [7, 11) is 0. The van der Waals surface area contributed by atoms with Gasteiger partial charge in [0.1, 0.15) is 0 Å². The lowest BCUT2D eigenvalue weighted by Gasteiger charge is -2.41. The van der Waals surface area contributed by atoms with Crippen LogP contribution in [-0.4, -0.2) is 6.04 Å². The summed E-state index contributed by atoms with van der Waals surface area (Å²) in [6, 6.07) is 0.373. The summed E-state index contributed by atoms with van der Waals surface area (Å²) < 4.78 is 0. The van der Waals surface area contributed by atoms with Gasteiger partial charge in [0.2, 0.25) is 0 Å². The van der Waals surface area contributed by atoms with Gasteiger partial charge in [-0.15, -0.1) is 0 Å². The molecule has 0 saturated heterocycles. The average Bonchev–Trinajstić information content (AvgIpc) is 2.13. The molecule has 0 spiro atoms. The molecule has 1 aliphatic carbocycles. The topological polar surface area (TPSA) is 26.0 Å². The van der Waals surface area contributed by atoms with Crippen LogP contribution in [-0.2, 0) is 0 Å². The van der Waals surface area contributed by atoms with Gasteiger partial charge in [0.05, 0.1) is 0 Å². The molecule has 0 aromatic carbocycles. The van der Waals surface area contributed by atoms with E-state index in [4.69, 9.17) is 5.73 Å². The van der Waals surface area contributed by atoms with E-state index in [1.54, 1.807) is 0 Å². The van der Waals surface area contributed by atoms with Crippen molar-refractivity contribution in [3.05, 3.63) is 0 Å². The van der Waals surface area contributed by atoms with Gasteiger partial charge in [0.15, 0.2) is 0 Å². The van der Waals surface area contributed by atoms with Crippen LogP contribution in [0.2, 0.25) is 0 Å². The van der Waals surface area contributed by atoms with E-state index in [1.807, 2.05) is 0 Å². The Kier molecular flexibility index (Phi) is 5.11. The second-order valence-corrected chi connectivity index (χ2v) is 5.81. The molecule has 3 atom stereocenters. The fourth-order valence-electron chi connectivity index (χ4n) is 3.41. The number of hydrogen-bond acceptors (Lipinski definition) is 1. The quantitative estimate of drug-likeness (QED) is 0.747. The second-order valence-electron chi connectivity index (χ2n) is 5.81. The van der Waals surface area contributed by atoms with Crippen LogP contribution in [0.1, 0.15) is 72.1 Å². The highest BCUT2D eigenvalue weighted by molar-refractivity contribution is 4.89. The normalized spacial score (nSPS) is 35.6. The van der Waals surface area contributed by atoms with E-state index in [0.717, 1.165) is 5.92 Å². The minimum Gasteiger partial charge on any atom is -0.327 e. The molecule has 0 bridgehead atoms. The maximum atomic E-state index is 6.27. The predicted molar refractivity (Wildman–Crippen MR) is 67.9 cm³/mol. The maximum Gasteiger partial charge on any atom is 0.00671 e. The van der Waals surface area contributed by atoms with Crippen molar-refractivity contribution in [1.82, 2.24) is 0 Å². The van der Waals surface area contributed by atoms with Crippen molar-refractivity contribution in [3.8, 4) is 0 Å². The van der Waals surface area contributed by atoms with Crippen molar-refractivity contribution < 1.29 is 0 Å². The van der Waals surface area contributed by atoms with Gasteiger partial charge in [0, 0.05) is 6.04 Å². The molecule has 0 heterocycles. The summed E-state index contributed by atoms with van der Waals surface area (Å²) in [4.78, 5) is 0. The molecule has 1 nitrogen and oxygen atoms in total. The highest BCUT2D eigenvalue weighted by Gasteiger charge is 2.34. The van der Waals surface area contributed by atoms with Crippen molar-refractivity contribution in [2.24, 2.45) is 17.1 Å². The highest BCUT2D eigenvalue weighted by atomic mass is 14.7. The van der Waals surface area contributed by atoms with Crippen molar-refractivity contribution in [1.29, 1.82) is 0 Å². The third-order valence-electron chi connectivity index (χ3n) is 4.34. The van der Waals surface area contributed by atoms with Gasteiger partial charge in [-0.1, -0.05) is 46.0 Å². The molecule has 0 aromatic rings. The van der Waals surface area contributed by atoms with Gasteiger partial charge in [-0.25, -0.2) is 0 Å². The molecule has 15 heavy (non-hydrogen) atoms. The van der Waals surface area contributed by atoms with Gasteiger partial charge in [0.25, 0.3) is 0 Å². The third-order valence-corrected chi connectivity index (χ3v) is 4.34. The van der Waals surface area contributed by atoms with Gasteiger partial charge in [-0.3, -0.25) is 0 Å². The Labute approximate surface area is 95.8 Å². The SMILES string of the molecule is CCC[C@@]1(C(C)N)CCCCCC(C)C1. The monoisotopic (exact) mass is 211 g/mol. The van der Waals surface area contributed by atoms with E-state index in [0.29, 0.717) is 11.5 Å². The summed E-state index contributed by atoms with van der Waals surface area (Å²) in [5.41, 5.74) is 6.72. The van der Waals surface area contributed by atoms with Crippen molar-refractivity contribution in [2.75, 3.05) is 0 Å². The number of nitrogens with two attached hydrogens (primary N) is 1. The van der Waals surface area contributed by atoms with E-state index >= 15 is 0 Å². The Balaban J connectivity index is 2.71. The Morgan fingerprint density at radius 2 is 2.07 bits per heavy atom. The zero-order valence-corrected chi connectivity index (χ0v) is 10.9. The van der Waals surface area contributed by atoms with E-state index in [9.17, 15) is 0 Å². The molecular weight excluding hydrogens is 182 g/mol. The molecular formula is C14H29N. The first kappa shape index (κ1) is 13.0. The van der Waals surface area contributed by atoms with E-state index in [-0.39, 0.29) is 0 Å². The minimum absolute atomic E-state index is 0.373. The maximum absolute atomic E-state index is 6.27. The molecule has 0 radical (unpaired) electrons. The number of hydrogen-bond donors (Lipinski definition) is 1. The van der Waals surface area contributed by atoms with E-state index in [2.05, 4.69) is 20.8 Å². The molecule has 1 fully saturated rings. The minimum atomic E-state index is 0.373. The second kappa shape index (κ2) is 5.89. The van der Waals surface area contributed by atoms with Crippen LogP contribution in [0.25, 0.3) is 0 Å². The third kappa shape index (κ3) is 3.48. The zero-order chi connectivity index (χ0) is 11.3. The summed E-state index contributed by atoms with van der Waals surface area (Å²) in [6.07, 6.45) is 11.0. The zero-order valence-electron chi connectivity index (χ0n) is 10.9. The predicted octanol–water partition coefficient (Wildman–Crippen LogP) is 4.11. The first-order chi connectivity index (χ1) is 7.10. The average molecular weight is 211 g/mol. The molecule has 2 unspecified atom stereocenters. The Morgan fingerprint density at radius 3 is 2.67 bits per heavy atom. The first-order valence-corrected chi connectivity index (χ1v) is 6.86. The van der Waals surface area contributed by atoms with Gasteiger partial charge >= 0.3 is 0 Å². The lowest BCUT2D eigenvalue weighted by molar-refractivity contribution is 0.127. The van der Waals surface area contributed by atoms with Gasteiger partial charge < -0.3 is 5.73 Å². The van der Waals surface area contributed by atoms with Crippen molar-refractivity contribution in [2.45, 2.75) is 78.2 Å². The van der Waals surface area contributed by atoms with Gasteiger partial charge in [-0.05, 0) is 37.5 Å². The smallest absolute Gasteiger partial charge is 0.00671 e. The van der Waals surface area contributed by atoms with E-state index in [1.165, 1.54) is 51.4 Å². The van der Waals surface area contributed by atoms with Crippen LogP contribution in [0.15, 0.2) is 0 Å². The Bertz CT molecular complexity index is 176. The van der Waals surface area contributed by atoms with Crippen molar-refractivity contribution >= 4 is 0 Å². The molecule has 1 heteroatoms.